The van der Waals surface area contributed by atoms with Crippen LogP contribution in [0.3, 0.4) is 0 Å². The molecule has 1 N–H and O–H groups in total. The monoisotopic (exact) mass is 456 g/mol. The van der Waals surface area contributed by atoms with Crippen molar-refractivity contribution in [1.29, 1.82) is 0 Å². The fourth-order valence-corrected chi connectivity index (χ4v) is 3.77. The van der Waals surface area contributed by atoms with Gasteiger partial charge >= 0.3 is 12.2 Å². The van der Waals surface area contributed by atoms with E-state index < -0.39 is 27.9 Å². The van der Waals surface area contributed by atoms with Crippen LogP contribution < -0.4 is 5.32 Å². The third-order valence-corrected chi connectivity index (χ3v) is 5.23. The molecule has 10 heteroatoms. The van der Waals surface area contributed by atoms with Gasteiger partial charge in [-0.1, -0.05) is 30.3 Å². The first kappa shape index (κ1) is 24.9. The Balaban J connectivity index is 1.97. The lowest BCUT2D eigenvalue weighted by Gasteiger charge is -2.30. The second kappa shape index (κ2) is 10.8. The summed E-state index contributed by atoms with van der Waals surface area (Å²) >= 11 is 0. The highest BCUT2D eigenvalue weighted by atomic mass is 32.2. The molecule has 9 nitrogen and oxygen atoms in total. The molecule has 0 bridgehead atoms. The maximum Gasteiger partial charge on any atom is 0.410 e. The fourth-order valence-electron chi connectivity index (χ4n) is 3.35. The summed E-state index contributed by atoms with van der Waals surface area (Å²) in [5.41, 5.74) is 0.218. The Morgan fingerprint density at radius 3 is 2.48 bits per heavy atom. The first-order valence-electron chi connectivity index (χ1n) is 10.3. The lowest BCUT2D eigenvalue weighted by atomic mass is 10.0. The van der Waals surface area contributed by atoms with Gasteiger partial charge in [0.05, 0.1) is 24.9 Å². The zero-order valence-corrected chi connectivity index (χ0v) is 19.3. The van der Waals surface area contributed by atoms with Crippen LogP contribution in [0.5, 0.6) is 0 Å². The van der Waals surface area contributed by atoms with Crippen molar-refractivity contribution in [3.05, 3.63) is 35.9 Å². The number of amides is 2. The van der Waals surface area contributed by atoms with E-state index in [0.717, 1.165) is 11.8 Å². The number of carbonyl (C=O) groups is 2. The average Bonchev–Trinajstić information content (AvgIpc) is 3.05. The van der Waals surface area contributed by atoms with E-state index in [1.54, 1.807) is 25.7 Å². The predicted molar refractivity (Wildman–Crippen MR) is 115 cm³/mol. The van der Waals surface area contributed by atoms with E-state index in [0.29, 0.717) is 25.8 Å². The molecule has 1 aromatic rings. The largest absolute Gasteiger partial charge is 0.445 e. The number of hydrogen-bond acceptors (Lipinski definition) is 7. The van der Waals surface area contributed by atoms with E-state index in [2.05, 4.69) is 5.32 Å². The lowest BCUT2D eigenvalue weighted by Crippen LogP contribution is -2.48. The van der Waals surface area contributed by atoms with Gasteiger partial charge in [-0.25, -0.2) is 9.59 Å². The van der Waals surface area contributed by atoms with Gasteiger partial charge in [-0.2, -0.15) is 8.42 Å². The first-order chi connectivity index (χ1) is 14.4. The van der Waals surface area contributed by atoms with E-state index in [1.807, 2.05) is 30.3 Å². The molecule has 0 radical (unpaired) electrons. The maximum absolute atomic E-state index is 12.6. The molecular weight excluding hydrogens is 424 g/mol. The van der Waals surface area contributed by atoms with Crippen molar-refractivity contribution >= 4 is 22.3 Å². The molecule has 1 aliphatic heterocycles. The van der Waals surface area contributed by atoms with Crippen molar-refractivity contribution < 1.29 is 31.7 Å². The lowest BCUT2D eigenvalue weighted by molar-refractivity contribution is 0.0202. The molecule has 2 rings (SSSR count). The van der Waals surface area contributed by atoms with Crippen molar-refractivity contribution in [2.24, 2.45) is 0 Å². The molecule has 0 spiro atoms. The highest BCUT2D eigenvalue weighted by molar-refractivity contribution is 7.85. The van der Waals surface area contributed by atoms with Crippen LogP contribution in [-0.4, -0.2) is 62.6 Å². The summed E-state index contributed by atoms with van der Waals surface area (Å²) in [6.45, 7) is 5.91. The number of likely N-dealkylation sites (tertiary alicyclic amines) is 1. The Labute approximate surface area is 184 Å². The number of hydrogen-bond donors (Lipinski definition) is 1. The summed E-state index contributed by atoms with van der Waals surface area (Å²) in [6, 6.07) is 8.62. The molecule has 1 aliphatic rings. The normalized spacial score (nSPS) is 19.2. The number of ether oxygens (including phenoxy) is 2. The highest BCUT2D eigenvalue weighted by Crippen LogP contribution is 2.25. The number of alkyl carbamates (subject to hydrolysis) is 1. The minimum Gasteiger partial charge on any atom is -0.445 e. The molecule has 0 saturated carbocycles. The molecule has 1 heterocycles. The van der Waals surface area contributed by atoms with Gasteiger partial charge in [0.25, 0.3) is 10.1 Å². The van der Waals surface area contributed by atoms with Crippen molar-refractivity contribution in [3.8, 4) is 0 Å². The van der Waals surface area contributed by atoms with Gasteiger partial charge in [-0.05, 0) is 45.6 Å². The van der Waals surface area contributed by atoms with Crippen LogP contribution in [0, 0.1) is 0 Å². The summed E-state index contributed by atoms with van der Waals surface area (Å²) in [6.07, 6.45) is 1.33. The number of rotatable bonds is 8. The van der Waals surface area contributed by atoms with Crippen molar-refractivity contribution in [1.82, 2.24) is 10.2 Å². The van der Waals surface area contributed by atoms with Crippen molar-refractivity contribution in [3.63, 3.8) is 0 Å². The van der Waals surface area contributed by atoms with Gasteiger partial charge in [0.2, 0.25) is 0 Å². The summed E-state index contributed by atoms with van der Waals surface area (Å²) in [7, 11) is -3.53. The van der Waals surface area contributed by atoms with E-state index >= 15 is 0 Å². The number of carbonyl (C=O) groups excluding carboxylic acids is 2. The summed E-state index contributed by atoms with van der Waals surface area (Å²) in [4.78, 5) is 26.5. The zero-order valence-electron chi connectivity index (χ0n) is 18.5. The minimum absolute atomic E-state index is 0.00264. The van der Waals surface area contributed by atoms with Gasteiger partial charge in [0.15, 0.2) is 0 Å². The molecule has 0 aliphatic carbocycles. The second-order valence-corrected chi connectivity index (χ2v) is 10.2. The van der Waals surface area contributed by atoms with Crippen LogP contribution in [0.1, 0.15) is 45.6 Å². The highest BCUT2D eigenvalue weighted by Gasteiger charge is 2.39. The van der Waals surface area contributed by atoms with Gasteiger partial charge < -0.3 is 19.7 Å². The Bertz CT molecular complexity index is 837. The van der Waals surface area contributed by atoms with E-state index in [1.165, 1.54) is 0 Å². The summed E-state index contributed by atoms with van der Waals surface area (Å²) < 4.78 is 37.9. The topological polar surface area (TPSA) is 111 Å². The van der Waals surface area contributed by atoms with E-state index in [9.17, 15) is 18.0 Å². The van der Waals surface area contributed by atoms with Gasteiger partial charge in [-0.15, -0.1) is 0 Å². The van der Waals surface area contributed by atoms with Crippen LogP contribution >= 0.6 is 0 Å². The number of nitrogens with zero attached hydrogens (tertiary/aromatic N) is 1. The molecule has 0 aromatic heterocycles. The molecule has 2 amide bonds. The first-order valence-corrected chi connectivity index (χ1v) is 12.1. The summed E-state index contributed by atoms with van der Waals surface area (Å²) in [5, 5.41) is 2.83. The van der Waals surface area contributed by atoms with Gasteiger partial charge in [0.1, 0.15) is 12.2 Å². The van der Waals surface area contributed by atoms with Crippen molar-refractivity contribution in [2.75, 3.05) is 19.4 Å². The molecular formula is C21H32N2O7S. The molecule has 174 valence electrons. The third-order valence-electron chi connectivity index (χ3n) is 4.63. The minimum atomic E-state index is -3.53. The summed E-state index contributed by atoms with van der Waals surface area (Å²) in [5.74, 6) is 0. The Hall–Kier alpha value is -2.33. The van der Waals surface area contributed by atoms with Gasteiger partial charge in [0, 0.05) is 6.54 Å². The Morgan fingerprint density at radius 2 is 1.87 bits per heavy atom. The maximum atomic E-state index is 12.6. The zero-order chi connectivity index (χ0) is 23.1. The van der Waals surface area contributed by atoms with Gasteiger partial charge in [-0.3, -0.25) is 4.18 Å². The number of nitrogens with one attached hydrogen (secondary N) is 1. The standard InChI is InChI=1S/C21H32N2O7S/c1-21(2,3)30-20(25)23-13-12-17(18(23)11-8-14-29-31(4,26)27)22-19(24)28-15-16-9-6-5-7-10-16/h5-7,9-10,17-18H,8,11-15H2,1-4H3,(H,22,24)/t17-,18+/m0/s1. The molecule has 0 unspecified atom stereocenters. The quantitative estimate of drug-likeness (QED) is 0.473. The van der Waals surface area contributed by atoms with Crippen LogP contribution in [0.15, 0.2) is 30.3 Å². The van der Waals surface area contributed by atoms with Crippen LogP contribution in [0.2, 0.25) is 0 Å². The number of benzene rings is 1. The van der Waals surface area contributed by atoms with Crippen LogP contribution in [0.25, 0.3) is 0 Å². The second-order valence-electron chi connectivity index (χ2n) is 8.51. The average molecular weight is 457 g/mol. The van der Waals surface area contributed by atoms with E-state index in [4.69, 9.17) is 13.7 Å². The Morgan fingerprint density at radius 1 is 1.19 bits per heavy atom. The fraction of sp³-hybridized carbons (Fsp3) is 0.619. The Kier molecular flexibility index (Phi) is 8.69. The van der Waals surface area contributed by atoms with E-state index in [-0.39, 0.29) is 25.3 Å². The molecule has 1 aromatic carbocycles. The molecule has 1 saturated heterocycles. The van der Waals surface area contributed by atoms with Crippen LogP contribution in [0.4, 0.5) is 9.59 Å². The third kappa shape index (κ3) is 9.14. The molecule has 2 atom stereocenters. The molecule has 1 fully saturated rings. The van der Waals surface area contributed by atoms with Crippen LogP contribution in [-0.2, 0) is 30.4 Å². The molecule has 31 heavy (non-hydrogen) atoms. The predicted octanol–water partition coefficient (Wildman–Crippen LogP) is 3.05. The van der Waals surface area contributed by atoms with Crippen molar-refractivity contribution in [2.45, 2.75) is 64.3 Å². The SMILES string of the molecule is CC(C)(C)OC(=O)N1CC[C@H](NC(=O)OCc2ccccc2)[C@H]1CCCOS(C)(=O)=O. The smallest absolute Gasteiger partial charge is 0.410 e.